The maximum absolute atomic E-state index is 13.7. The van der Waals surface area contributed by atoms with Gasteiger partial charge in [0.25, 0.3) is 0 Å². The number of fused-ring (bicyclic) bond motifs is 1. The van der Waals surface area contributed by atoms with Crippen LogP contribution in [-0.2, 0) is 14.8 Å². The fraction of sp³-hybridized carbons (Fsp3) is 0.241. The molecule has 1 atom stereocenters. The fourth-order valence-electron chi connectivity index (χ4n) is 4.74. The fourth-order valence-corrected chi connectivity index (χ4v) is 6.76. The minimum Gasteiger partial charge on any atom is -0.445 e. The normalized spacial score (nSPS) is 15.6. The first-order valence-electron chi connectivity index (χ1n) is 12.5. The molecule has 3 aromatic carbocycles. The van der Waals surface area contributed by atoms with Crippen molar-refractivity contribution in [2.45, 2.75) is 36.7 Å². The van der Waals surface area contributed by atoms with Crippen molar-refractivity contribution in [2.24, 2.45) is 0 Å². The van der Waals surface area contributed by atoms with Crippen molar-refractivity contribution in [1.82, 2.24) is 9.29 Å². The van der Waals surface area contributed by atoms with Crippen LogP contribution in [0.25, 0.3) is 10.9 Å². The van der Waals surface area contributed by atoms with Crippen LogP contribution >= 0.6 is 11.6 Å². The van der Waals surface area contributed by atoms with Gasteiger partial charge in [0.15, 0.2) is 6.10 Å². The standard InChI is InChI=1S/C29H27ClN2O5S/c30-24-15-14-21(18-26(24)38(35,36)32-16-8-1-2-9-17-32)29(34)37-28(20-10-4-3-5-11-20)27(33)23-19-31-25-13-7-6-12-22(23)25/h3-7,10-15,18-19,28,31H,1-2,8-9,16-17H2/t28-/m1/s1. The largest absolute Gasteiger partial charge is 0.445 e. The lowest BCUT2D eigenvalue weighted by molar-refractivity contribution is 0.0280. The van der Waals surface area contributed by atoms with Gasteiger partial charge in [0.05, 0.1) is 10.6 Å². The SMILES string of the molecule is O=C(O[C@@H](C(=O)c1c[nH]c2ccccc12)c1ccccc1)c1ccc(Cl)c(S(=O)(=O)N2CCCCCC2)c1. The van der Waals surface area contributed by atoms with Gasteiger partial charge >= 0.3 is 5.97 Å². The van der Waals surface area contributed by atoms with Crippen LogP contribution < -0.4 is 0 Å². The Morgan fingerprint density at radius 2 is 1.58 bits per heavy atom. The molecule has 0 unspecified atom stereocenters. The number of carbonyl (C=O) groups excluding carboxylic acids is 2. The Hall–Kier alpha value is -3.46. The van der Waals surface area contributed by atoms with Crippen molar-refractivity contribution < 1.29 is 22.7 Å². The van der Waals surface area contributed by atoms with Crippen molar-refractivity contribution >= 4 is 44.3 Å². The van der Waals surface area contributed by atoms with Crippen LogP contribution in [0.4, 0.5) is 0 Å². The summed E-state index contributed by atoms with van der Waals surface area (Å²) in [5.74, 6) is -1.22. The summed E-state index contributed by atoms with van der Waals surface area (Å²) in [6.45, 7) is 0.811. The number of rotatable bonds is 7. The number of hydrogen-bond acceptors (Lipinski definition) is 5. The molecule has 1 fully saturated rings. The van der Waals surface area contributed by atoms with Gasteiger partial charge in [-0.3, -0.25) is 4.79 Å². The van der Waals surface area contributed by atoms with E-state index in [1.54, 1.807) is 36.5 Å². The number of esters is 1. The lowest BCUT2D eigenvalue weighted by atomic mass is 9.99. The minimum atomic E-state index is -3.91. The first-order valence-corrected chi connectivity index (χ1v) is 14.3. The van der Waals surface area contributed by atoms with Crippen LogP contribution in [0.15, 0.2) is 83.9 Å². The highest BCUT2D eigenvalue weighted by Crippen LogP contribution is 2.31. The highest BCUT2D eigenvalue weighted by molar-refractivity contribution is 7.89. The van der Waals surface area contributed by atoms with Gasteiger partial charge in [0.1, 0.15) is 4.90 Å². The molecule has 0 radical (unpaired) electrons. The van der Waals surface area contributed by atoms with E-state index in [0.29, 0.717) is 29.6 Å². The van der Waals surface area contributed by atoms with Gasteiger partial charge in [-0.1, -0.05) is 73.0 Å². The summed E-state index contributed by atoms with van der Waals surface area (Å²) in [6.07, 6.45) is 3.85. The summed E-state index contributed by atoms with van der Waals surface area (Å²) >= 11 is 6.31. The van der Waals surface area contributed by atoms with Gasteiger partial charge in [-0.2, -0.15) is 4.31 Å². The first kappa shape index (κ1) is 26.2. The number of ketones is 1. The molecule has 4 aromatic rings. The number of H-pyrrole nitrogens is 1. The van der Waals surface area contributed by atoms with Gasteiger partial charge < -0.3 is 9.72 Å². The summed E-state index contributed by atoms with van der Waals surface area (Å²) in [6, 6.07) is 20.1. The van der Waals surface area contributed by atoms with Crippen LogP contribution in [0, 0.1) is 0 Å². The number of carbonyl (C=O) groups is 2. The lowest BCUT2D eigenvalue weighted by Crippen LogP contribution is -2.32. The smallest absolute Gasteiger partial charge is 0.339 e. The summed E-state index contributed by atoms with van der Waals surface area (Å²) < 4.78 is 34.0. The molecule has 0 bridgehead atoms. The third-order valence-corrected chi connectivity index (χ3v) is 9.15. The maximum Gasteiger partial charge on any atom is 0.339 e. The summed E-state index contributed by atoms with van der Waals surface area (Å²) in [7, 11) is -3.91. The predicted octanol–water partition coefficient (Wildman–Crippen LogP) is 6.17. The molecule has 0 amide bonds. The van der Waals surface area contributed by atoms with Gasteiger partial charge in [0, 0.05) is 41.3 Å². The van der Waals surface area contributed by atoms with Crippen LogP contribution in [0.5, 0.6) is 0 Å². The van der Waals surface area contributed by atoms with Crippen molar-refractivity contribution in [3.8, 4) is 0 Å². The number of nitrogens with one attached hydrogen (secondary N) is 1. The third-order valence-electron chi connectivity index (χ3n) is 6.77. The second-order valence-corrected chi connectivity index (χ2v) is 11.6. The van der Waals surface area contributed by atoms with Gasteiger partial charge in [-0.25, -0.2) is 13.2 Å². The molecule has 1 aliphatic heterocycles. The maximum atomic E-state index is 13.7. The monoisotopic (exact) mass is 550 g/mol. The quantitative estimate of drug-likeness (QED) is 0.219. The number of sulfonamides is 1. The Kier molecular flexibility index (Phi) is 7.65. The molecule has 0 aliphatic carbocycles. The van der Waals surface area contributed by atoms with Crippen LogP contribution in [0.1, 0.15) is 58.1 Å². The molecule has 0 spiro atoms. The zero-order valence-corrected chi connectivity index (χ0v) is 22.2. The van der Waals surface area contributed by atoms with E-state index >= 15 is 0 Å². The zero-order valence-electron chi connectivity index (χ0n) is 20.6. The van der Waals surface area contributed by atoms with E-state index < -0.39 is 27.9 Å². The van der Waals surface area contributed by atoms with Crippen LogP contribution in [-0.4, -0.2) is 42.5 Å². The molecule has 0 saturated carbocycles. The summed E-state index contributed by atoms with van der Waals surface area (Å²) in [5, 5.41) is 0.743. The second-order valence-electron chi connectivity index (χ2n) is 9.27. The van der Waals surface area contributed by atoms with Crippen molar-refractivity contribution in [3.05, 3.63) is 101 Å². The summed E-state index contributed by atoms with van der Waals surface area (Å²) in [5.41, 5.74) is 1.68. The van der Waals surface area contributed by atoms with E-state index in [1.165, 1.54) is 22.5 Å². The number of para-hydroxylation sites is 1. The van der Waals surface area contributed by atoms with Gasteiger partial charge in [-0.15, -0.1) is 0 Å². The average Bonchev–Trinajstić information content (AvgIpc) is 3.16. The van der Waals surface area contributed by atoms with Crippen LogP contribution in [0.2, 0.25) is 5.02 Å². The molecule has 38 heavy (non-hydrogen) atoms. The average molecular weight is 551 g/mol. The van der Waals surface area contributed by atoms with E-state index in [2.05, 4.69) is 4.98 Å². The molecule has 9 heteroatoms. The number of benzene rings is 3. The highest BCUT2D eigenvalue weighted by atomic mass is 35.5. The zero-order chi connectivity index (χ0) is 26.7. The van der Waals surface area contributed by atoms with Crippen LogP contribution in [0.3, 0.4) is 0 Å². The van der Waals surface area contributed by atoms with E-state index in [-0.39, 0.29) is 15.5 Å². The topological polar surface area (TPSA) is 96.5 Å². The number of nitrogens with zero attached hydrogens (tertiary/aromatic N) is 1. The minimum absolute atomic E-state index is 0.00421. The molecule has 1 saturated heterocycles. The number of hydrogen-bond donors (Lipinski definition) is 1. The summed E-state index contributed by atoms with van der Waals surface area (Å²) in [4.78, 5) is 30.0. The predicted molar refractivity (Wildman–Crippen MR) is 146 cm³/mol. The van der Waals surface area contributed by atoms with Crippen molar-refractivity contribution in [1.29, 1.82) is 0 Å². The Labute approximate surface area is 226 Å². The van der Waals surface area contributed by atoms with E-state index in [0.717, 1.165) is 31.2 Å². The number of Topliss-reactive ketones (excluding diaryl/α,β-unsaturated/α-hetero) is 1. The van der Waals surface area contributed by atoms with Gasteiger partial charge in [-0.05, 0) is 37.1 Å². The second kappa shape index (κ2) is 11.1. The first-order chi connectivity index (χ1) is 18.4. The van der Waals surface area contributed by atoms with E-state index in [4.69, 9.17) is 16.3 Å². The van der Waals surface area contributed by atoms with E-state index in [1.807, 2.05) is 24.3 Å². The molecule has 1 N–H and O–H groups in total. The molecular weight excluding hydrogens is 524 g/mol. The lowest BCUT2D eigenvalue weighted by Gasteiger charge is -2.21. The molecule has 1 aliphatic rings. The Morgan fingerprint density at radius 1 is 0.895 bits per heavy atom. The molecule has 196 valence electrons. The van der Waals surface area contributed by atoms with E-state index in [9.17, 15) is 18.0 Å². The highest BCUT2D eigenvalue weighted by Gasteiger charge is 2.31. The van der Waals surface area contributed by atoms with Gasteiger partial charge in [0.2, 0.25) is 15.8 Å². The number of ether oxygens (including phenoxy) is 1. The Bertz CT molecular complexity index is 1580. The third kappa shape index (κ3) is 5.25. The molecule has 5 rings (SSSR count). The molecular formula is C29H27ClN2O5S. The molecule has 7 nitrogen and oxygen atoms in total. The molecule has 2 heterocycles. The molecule has 1 aromatic heterocycles. The number of aromatic amines is 1. The van der Waals surface area contributed by atoms with Crippen molar-refractivity contribution in [3.63, 3.8) is 0 Å². The Morgan fingerprint density at radius 3 is 2.32 bits per heavy atom. The number of halogens is 1. The van der Waals surface area contributed by atoms with Crippen molar-refractivity contribution in [2.75, 3.05) is 13.1 Å². The number of aromatic nitrogens is 1. The Balaban J connectivity index is 1.47.